The Morgan fingerprint density at radius 3 is 2.41 bits per heavy atom. The Morgan fingerprint density at radius 2 is 1.83 bits per heavy atom. The van der Waals surface area contributed by atoms with Crippen LogP contribution < -0.4 is 10.6 Å². The quantitative estimate of drug-likeness (QED) is 0.425. The summed E-state index contributed by atoms with van der Waals surface area (Å²) in [4.78, 5) is 23.8. The molecule has 6 nitrogen and oxygen atoms in total. The van der Waals surface area contributed by atoms with Crippen molar-refractivity contribution in [1.82, 2.24) is 0 Å². The van der Waals surface area contributed by atoms with Crippen LogP contribution in [-0.2, 0) is 15.7 Å². The first-order valence-electron chi connectivity index (χ1n) is 8.37. The normalized spacial score (nSPS) is 11.3. The van der Waals surface area contributed by atoms with Gasteiger partial charge in [-0.2, -0.15) is 18.4 Å². The number of ether oxygens (including phenoxy) is 1. The summed E-state index contributed by atoms with van der Waals surface area (Å²) in [5.74, 6) is -1.27. The van der Waals surface area contributed by atoms with E-state index in [4.69, 9.17) is 10.00 Å². The maximum atomic E-state index is 12.7. The van der Waals surface area contributed by atoms with E-state index in [-0.39, 0.29) is 17.9 Å². The van der Waals surface area contributed by atoms with Gasteiger partial charge in [-0.25, -0.2) is 4.79 Å². The van der Waals surface area contributed by atoms with Gasteiger partial charge in [0, 0.05) is 17.6 Å². The molecular formula is C20H16F3N3O3. The lowest BCUT2D eigenvalue weighted by Gasteiger charge is -2.09. The number of anilines is 2. The summed E-state index contributed by atoms with van der Waals surface area (Å²) in [5.41, 5.74) is -0.521. The molecule has 0 aromatic heterocycles. The number of halogens is 3. The van der Waals surface area contributed by atoms with Crippen LogP contribution in [0.3, 0.4) is 0 Å². The SMILES string of the molecule is CCOC(=O)c1ccc(NC(=O)/C(C#N)=C\Nc2cccc(C(F)(F)F)c2)cc1. The number of esters is 1. The number of nitriles is 1. The van der Waals surface area contributed by atoms with Gasteiger partial charge in [-0.05, 0) is 49.4 Å². The zero-order valence-corrected chi connectivity index (χ0v) is 15.2. The van der Waals surface area contributed by atoms with E-state index < -0.39 is 23.6 Å². The van der Waals surface area contributed by atoms with Gasteiger partial charge in [0.15, 0.2) is 0 Å². The first-order chi connectivity index (χ1) is 13.7. The Bertz CT molecular complexity index is 961. The molecule has 0 atom stereocenters. The van der Waals surface area contributed by atoms with E-state index in [9.17, 15) is 22.8 Å². The van der Waals surface area contributed by atoms with Crippen molar-refractivity contribution in [2.45, 2.75) is 13.1 Å². The van der Waals surface area contributed by atoms with Gasteiger partial charge in [-0.3, -0.25) is 4.79 Å². The number of hydrogen-bond donors (Lipinski definition) is 2. The average molecular weight is 403 g/mol. The highest BCUT2D eigenvalue weighted by Crippen LogP contribution is 2.30. The van der Waals surface area contributed by atoms with Crippen molar-refractivity contribution < 1.29 is 27.5 Å². The van der Waals surface area contributed by atoms with Gasteiger partial charge in [-0.15, -0.1) is 0 Å². The van der Waals surface area contributed by atoms with Crippen LogP contribution in [0.15, 0.2) is 60.3 Å². The van der Waals surface area contributed by atoms with Crippen LogP contribution in [0, 0.1) is 11.3 Å². The summed E-state index contributed by atoms with van der Waals surface area (Å²) in [6.45, 7) is 1.90. The van der Waals surface area contributed by atoms with Crippen LogP contribution in [-0.4, -0.2) is 18.5 Å². The number of rotatable bonds is 6. The van der Waals surface area contributed by atoms with Gasteiger partial charge in [-0.1, -0.05) is 6.07 Å². The lowest BCUT2D eigenvalue weighted by Crippen LogP contribution is -2.15. The standard InChI is InChI=1S/C20H16F3N3O3/c1-2-29-19(28)13-6-8-16(9-7-13)26-18(27)14(11-24)12-25-17-5-3-4-15(10-17)20(21,22)23/h3-10,12,25H,2H2,1H3,(H,26,27)/b14-12-. The fourth-order valence-corrected chi connectivity index (χ4v) is 2.19. The van der Waals surface area contributed by atoms with Crippen molar-refractivity contribution in [1.29, 1.82) is 5.26 Å². The number of amides is 1. The van der Waals surface area contributed by atoms with Crippen LogP contribution in [0.5, 0.6) is 0 Å². The molecule has 0 spiro atoms. The molecule has 0 bridgehead atoms. The van der Waals surface area contributed by atoms with E-state index in [0.717, 1.165) is 18.3 Å². The lowest BCUT2D eigenvalue weighted by atomic mass is 10.2. The molecule has 1 amide bonds. The van der Waals surface area contributed by atoms with E-state index in [2.05, 4.69) is 10.6 Å². The lowest BCUT2D eigenvalue weighted by molar-refractivity contribution is -0.137. The Kier molecular flexibility index (Phi) is 6.98. The smallest absolute Gasteiger partial charge is 0.416 e. The minimum absolute atomic E-state index is 0.0687. The number of carbonyl (C=O) groups is 2. The fraction of sp³-hybridized carbons (Fsp3) is 0.150. The van der Waals surface area contributed by atoms with Crippen LogP contribution in [0.1, 0.15) is 22.8 Å². The minimum atomic E-state index is -4.51. The maximum absolute atomic E-state index is 12.7. The summed E-state index contributed by atoms with van der Waals surface area (Å²) in [7, 11) is 0. The van der Waals surface area contributed by atoms with Crippen LogP contribution >= 0.6 is 0 Å². The monoisotopic (exact) mass is 403 g/mol. The van der Waals surface area contributed by atoms with Crippen LogP contribution in [0.25, 0.3) is 0 Å². The molecule has 0 aliphatic carbocycles. The largest absolute Gasteiger partial charge is 0.462 e. The maximum Gasteiger partial charge on any atom is 0.416 e. The molecular weight excluding hydrogens is 387 g/mol. The number of hydrogen-bond acceptors (Lipinski definition) is 5. The molecule has 2 aromatic carbocycles. The van der Waals surface area contributed by atoms with Crippen LogP contribution in [0.4, 0.5) is 24.5 Å². The third kappa shape index (κ3) is 6.10. The average Bonchev–Trinajstić information content (AvgIpc) is 2.69. The summed E-state index contributed by atoms with van der Waals surface area (Å²) in [6.07, 6.45) is -3.50. The number of benzene rings is 2. The second-order valence-corrected chi connectivity index (χ2v) is 5.64. The van der Waals surface area contributed by atoms with Gasteiger partial charge < -0.3 is 15.4 Å². The second kappa shape index (κ2) is 9.41. The van der Waals surface area contributed by atoms with Crippen LogP contribution in [0.2, 0.25) is 0 Å². The topological polar surface area (TPSA) is 91.2 Å². The molecule has 0 aliphatic heterocycles. The molecule has 0 heterocycles. The van der Waals surface area contributed by atoms with E-state index >= 15 is 0 Å². The number of nitrogens with zero attached hydrogens (tertiary/aromatic N) is 1. The second-order valence-electron chi connectivity index (χ2n) is 5.64. The molecule has 0 radical (unpaired) electrons. The molecule has 9 heteroatoms. The predicted octanol–water partition coefficient (Wildman–Crippen LogP) is 4.34. The number of carbonyl (C=O) groups excluding carboxylic acids is 2. The molecule has 0 saturated carbocycles. The van der Waals surface area contributed by atoms with Crippen molar-refractivity contribution in [3.05, 3.63) is 71.4 Å². The highest BCUT2D eigenvalue weighted by atomic mass is 19.4. The Balaban J connectivity index is 2.07. The zero-order valence-electron chi connectivity index (χ0n) is 15.2. The Morgan fingerprint density at radius 1 is 1.14 bits per heavy atom. The van der Waals surface area contributed by atoms with Gasteiger partial charge in [0.2, 0.25) is 0 Å². The Labute approximate surface area is 164 Å². The fourth-order valence-electron chi connectivity index (χ4n) is 2.19. The van der Waals surface area contributed by atoms with Gasteiger partial charge >= 0.3 is 12.1 Å². The molecule has 0 unspecified atom stereocenters. The van der Waals surface area contributed by atoms with Gasteiger partial charge in [0.05, 0.1) is 17.7 Å². The molecule has 0 aliphatic rings. The van der Waals surface area contributed by atoms with Crippen molar-refractivity contribution in [2.24, 2.45) is 0 Å². The first kappa shape index (κ1) is 21.5. The predicted molar refractivity (Wildman–Crippen MR) is 99.8 cm³/mol. The minimum Gasteiger partial charge on any atom is -0.462 e. The third-order valence-electron chi connectivity index (χ3n) is 3.59. The third-order valence-corrected chi connectivity index (χ3v) is 3.59. The summed E-state index contributed by atoms with van der Waals surface area (Å²) >= 11 is 0. The van der Waals surface area contributed by atoms with Crippen molar-refractivity contribution in [2.75, 3.05) is 17.2 Å². The summed E-state index contributed by atoms with van der Waals surface area (Å²) in [5, 5.41) is 14.1. The molecule has 2 rings (SSSR count). The number of alkyl halides is 3. The molecule has 150 valence electrons. The molecule has 0 fully saturated rings. The highest BCUT2D eigenvalue weighted by Gasteiger charge is 2.30. The molecule has 2 aromatic rings. The first-order valence-corrected chi connectivity index (χ1v) is 8.37. The van der Waals surface area contributed by atoms with E-state index in [1.165, 1.54) is 36.4 Å². The summed E-state index contributed by atoms with van der Waals surface area (Å²) in [6, 6.07) is 11.8. The zero-order chi connectivity index (χ0) is 21.4. The summed E-state index contributed by atoms with van der Waals surface area (Å²) < 4.78 is 43.1. The van der Waals surface area contributed by atoms with Crippen molar-refractivity contribution in [3.8, 4) is 6.07 Å². The number of nitrogens with one attached hydrogen (secondary N) is 2. The molecule has 29 heavy (non-hydrogen) atoms. The van der Waals surface area contributed by atoms with Gasteiger partial charge in [0.25, 0.3) is 5.91 Å². The molecule has 0 saturated heterocycles. The Hall–Kier alpha value is -3.80. The van der Waals surface area contributed by atoms with Gasteiger partial charge in [0.1, 0.15) is 11.6 Å². The molecule has 2 N–H and O–H groups in total. The van der Waals surface area contributed by atoms with Crippen molar-refractivity contribution >= 4 is 23.3 Å². The van der Waals surface area contributed by atoms with E-state index in [0.29, 0.717) is 11.3 Å². The highest BCUT2D eigenvalue weighted by molar-refractivity contribution is 6.06. The van der Waals surface area contributed by atoms with E-state index in [1.54, 1.807) is 13.0 Å². The van der Waals surface area contributed by atoms with E-state index in [1.807, 2.05) is 0 Å². The van der Waals surface area contributed by atoms with Crippen molar-refractivity contribution in [3.63, 3.8) is 0 Å².